The first-order chi connectivity index (χ1) is 14.0. The molecule has 3 amide bonds. The maximum Gasteiger partial charge on any atom is 0.255 e. The molecule has 1 aromatic carbocycles. The first kappa shape index (κ1) is 19.8. The minimum absolute atomic E-state index is 0.0232. The Hall–Kier alpha value is -2.45. The van der Waals surface area contributed by atoms with Crippen molar-refractivity contribution >= 4 is 17.7 Å². The van der Waals surface area contributed by atoms with Gasteiger partial charge in [-0.05, 0) is 36.7 Å². The first-order valence-electron chi connectivity index (χ1n) is 10.2. The predicted octanol–water partition coefficient (Wildman–Crippen LogP) is 0.936. The third kappa shape index (κ3) is 4.00. The van der Waals surface area contributed by atoms with Crippen molar-refractivity contribution in [1.82, 2.24) is 15.1 Å². The average molecular weight is 401 g/mol. The van der Waals surface area contributed by atoms with Crippen molar-refractivity contribution in [1.29, 1.82) is 0 Å². The highest BCUT2D eigenvalue weighted by Gasteiger charge is 2.39. The number of carbonyl (C=O) groups is 3. The number of methoxy groups -OCH3 is 1. The predicted molar refractivity (Wildman–Crippen MR) is 104 cm³/mol. The van der Waals surface area contributed by atoms with Crippen LogP contribution in [0.4, 0.5) is 0 Å². The molecule has 8 nitrogen and oxygen atoms in total. The van der Waals surface area contributed by atoms with E-state index in [4.69, 9.17) is 9.47 Å². The smallest absolute Gasteiger partial charge is 0.255 e. The van der Waals surface area contributed by atoms with Crippen molar-refractivity contribution in [2.24, 2.45) is 0 Å². The molecule has 0 radical (unpaired) electrons. The summed E-state index contributed by atoms with van der Waals surface area (Å²) in [5.74, 6) is -0.129. The number of amides is 3. The fourth-order valence-corrected chi connectivity index (χ4v) is 4.42. The largest absolute Gasteiger partial charge is 0.489 e. The van der Waals surface area contributed by atoms with Crippen LogP contribution in [0.2, 0.25) is 0 Å². The lowest BCUT2D eigenvalue weighted by atomic mass is 10.0. The number of likely N-dealkylation sites (tertiary alicyclic amines) is 1. The summed E-state index contributed by atoms with van der Waals surface area (Å²) in [5.41, 5.74) is 1.44. The Bertz CT molecular complexity index is 815. The normalized spacial score (nSPS) is 27.7. The maximum absolute atomic E-state index is 12.8. The Balaban J connectivity index is 1.46. The second kappa shape index (κ2) is 8.12. The van der Waals surface area contributed by atoms with Gasteiger partial charge < -0.3 is 14.4 Å². The number of hydrogen-bond donors (Lipinski definition) is 1. The van der Waals surface area contributed by atoms with Crippen LogP contribution in [0.3, 0.4) is 0 Å². The van der Waals surface area contributed by atoms with E-state index < -0.39 is 11.9 Å². The van der Waals surface area contributed by atoms with Crippen molar-refractivity contribution in [2.45, 2.75) is 51.0 Å². The van der Waals surface area contributed by atoms with Crippen LogP contribution in [-0.2, 0) is 20.9 Å². The number of nitrogens with zero attached hydrogens (tertiary/aromatic N) is 2. The zero-order chi connectivity index (χ0) is 20.5. The third-order valence-electron chi connectivity index (χ3n) is 6.03. The van der Waals surface area contributed by atoms with Gasteiger partial charge >= 0.3 is 0 Å². The minimum Gasteiger partial charge on any atom is -0.489 e. The summed E-state index contributed by atoms with van der Waals surface area (Å²) in [4.78, 5) is 40.2. The number of carbonyl (C=O) groups excluding carboxylic acids is 3. The molecule has 29 heavy (non-hydrogen) atoms. The molecule has 1 aromatic rings. The molecule has 3 atom stereocenters. The van der Waals surface area contributed by atoms with Crippen LogP contribution < -0.4 is 10.1 Å². The van der Waals surface area contributed by atoms with Crippen LogP contribution in [-0.4, -0.2) is 72.5 Å². The van der Waals surface area contributed by atoms with Crippen molar-refractivity contribution < 1.29 is 23.9 Å². The van der Waals surface area contributed by atoms with Crippen molar-refractivity contribution in [3.63, 3.8) is 0 Å². The Morgan fingerprint density at radius 2 is 1.97 bits per heavy atom. The molecule has 3 aliphatic heterocycles. The van der Waals surface area contributed by atoms with Gasteiger partial charge in [0.05, 0.1) is 6.10 Å². The second-order valence-corrected chi connectivity index (χ2v) is 7.90. The molecule has 0 aliphatic carbocycles. The van der Waals surface area contributed by atoms with Crippen LogP contribution in [0.5, 0.6) is 5.75 Å². The zero-order valence-electron chi connectivity index (χ0n) is 16.8. The summed E-state index contributed by atoms with van der Waals surface area (Å²) < 4.78 is 11.8. The van der Waals surface area contributed by atoms with Gasteiger partial charge in [0.15, 0.2) is 0 Å². The number of rotatable bonds is 5. The fourth-order valence-electron chi connectivity index (χ4n) is 4.42. The lowest BCUT2D eigenvalue weighted by molar-refractivity contribution is -0.136. The number of ether oxygens (including phenoxy) is 2. The van der Waals surface area contributed by atoms with E-state index in [-0.39, 0.29) is 30.4 Å². The van der Waals surface area contributed by atoms with E-state index in [9.17, 15) is 14.4 Å². The quantitative estimate of drug-likeness (QED) is 0.739. The van der Waals surface area contributed by atoms with E-state index >= 15 is 0 Å². The molecule has 1 N–H and O–H groups in total. The Morgan fingerprint density at radius 1 is 1.17 bits per heavy atom. The molecule has 0 saturated carbocycles. The number of nitrogens with one attached hydrogen (secondary N) is 1. The van der Waals surface area contributed by atoms with Gasteiger partial charge in [0.1, 0.15) is 17.9 Å². The molecule has 0 unspecified atom stereocenters. The molecular formula is C21H27N3O5. The topological polar surface area (TPSA) is 88.2 Å². The van der Waals surface area contributed by atoms with Crippen LogP contribution in [0.1, 0.15) is 42.1 Å². The Morgan fingerprint density at radius 3 is 2.69 bits per heavy atom. The summed E-state index contributed by atoms with van der Waals surface area (Å²) in [6.07, 6.45) is 1.61. The zero-order valence-corrected chi connectivity index (χ0v) is 16.8. The van der Waals surface area contributed by atoms with Gasteiger partial charge in [-0.2, -0.15) is 0 Å². The molecule has 0 bridgehead atoms. The van der Waals surface area contributed by atoms with Crippen molar-refractivity contribution in [2.75, 3.05) is 26.7 Å². The van der Waals surface area contributed by atoms with E-state index in [1.165, 1.54) is 0 Å². The summed E-state index contributed by atoms with van der Waals surface area (Å²) in [6.45, 7) is 5.17. The average Bonchev–Trinajstić information content (AvgIpc) is 3.03. The summed E-state index contributed by atoms with van der Waals surface area (Å²) in [6, 6.07) is 4.88. The maximum atomic E-state index is 12.8. The lowest BCUT2D eigenvalue weighted by Gasteiger charge is -2.36. The van der Waals surface area contributed by atoms with E-state index in [0.29, 0.717) is 18.5 Å². The highest BCUT2D eigenvalue weighted by molar-refractivity contribution is 6.05. The summed E-state index contributed by atoms with van der Waals surface area (Å²) in [7, 11) is 1.73. The van der Waals surface area contributed by atoms with Gasteiger partial charge in [-0.3, -0.25) is 24.6 Å². The fraction of sp³-hybridized carbons (Fsp3) is 0.571. The molecule has 3 aliphatic rings. The monoisotopic (exact) mass is 401 g/mol. The van der Waals surface area contributed by atoms with Gasteiger partial charge in [0.25, 0.3) is 5.91 Å². The molecule has 4 rings (SSSR count). The Kier molecular flexibility index (Phi) is 5.56. The van der Waals surface area contributed by atoms with Crippen LogP contribution >= 0.6 is 0 Å². The molecule has 0 aromatic heterocycles. The number of likely N-dealkylation sites (N-methyl/N-ethyl adjacent to an activating group) is 1. The molecule has 0 spiro atoms. The van der Waals surface area contributed by atoms with E-state index in [2.05, 4.69) is 17.1 Å². The molecule has 3 heterocycles. The molecular weight excluding hydrogens is 374 g/mol. The van der Waals surface area contributed by atoms with E-state index in [1.807, 2.05) is 12.1 Å². The first-order valence-corrected chi connectivity index (χ1v) is 10.2. The lowest BCUT2D eigenvalue weighted by Crippen LogP contribution is -2.52. The van der Waals surface area contributed by atoms with Gasteiger partial charge in [0.2, 0.25) is 11.8 Å². The highest BCUT2D eigenvalue weighted by Crippen LogP contribution is 2.31. The standard InChI is InChI=1S/C21H27N3O5/c1-3-23-11-15(28-2)9-16(12-23)29-14-4-5-17-13(8-14)10-24(21(17)27)18-6-7-19(25)22-20(18)26/h4-5,8,15-16,18H,3,6-7,9-12H2,1-2H3,(H,22,25,26)/t15-,16-,18+/m1/s1. The molecule has 156 valence electrons. The van der Waals surface area contributed by atoms with E-state index in [1.54, 1.807) is 18.1 Å². The van der Waals surface area contributed by atoms with Crippen LogP contribution in [0.15, 0.2) is 18.2 Å². The number of fused-ring (bicyclic) bond motifs is 1. The van der Waals surface area contributed by atoms with Gasteiger partial charge in [-0.15, -0.1) is 0 Å². The third-order valence-corrected chi connectivity index (χ3v) is 6.03. The molecule has 2 saturated heterocycles. The SMILES string of the molecule is CCN1C[C@H](OC)C[C@@H](Oc2ccc3c(c2)CN([C@H]2CCC(=O)NC2=O)C3=O)C1. The summed E-state index contributed by atoms with van der Waals surface area (Å²) in [5, 5.41) is 2.33. The number of piperidine rings is 2. The molecule has 8 heteroatoms. The summed E-state index contributed by atoms with van der Waals surface area (Å²) >= 11 is 0. The number of benzene rings is 1. The number of hydrogen-bond acceptors (Lipinski definition) is 6. The van der Waals surface area contributed by atoms with Crippen molar-refractivity contribution in [3.05, 3.63) is 29.3 Å². The van der Waals surface area contributed by atoms with Crippen LogP contribution in [0.25, 0.3) is 0 Å². The minimum atomic E-state index is -0.601. The highest BCUT2D eigenvalue weighted by atomic mass is 16.5. The second-order valence-electron chi connectivity index (χ2n) is 7.90. The van der Waals surface area contributed by atoms with Crippen LogP contribution in [0, 0.1) is 0 Å². The van der Waals surface area contributed by atoms with E-state index in [0.717, 1.165) is 37.4 Å². The Labute approximate surface area is 170 Å². The van der Waals surface area contributed by atoms with Crippen molar-refractivity contribution in [3.8, 4) is 5.75 Å². The van der Waals surface area contributed by atoms with Gasteiger partial charge in [-0.25, -0.2) is 0 Å². The van der Waals surface area contributed by atoms with Gasteiger partial charge in [-0.1, -0.05) is 6.92 Å². The van der Waals surface area contributed by atoms with Gasteiger partial charge in [0, 0.05) is 45.1 Å². The molecule has 2 fully saturated rings. The number of imide groups is 1.